The van der Waals surface area contributed by atoms with Gasteiger partial charge in [0.05, 0.1) is 33.0 Å². The summed E-state index contributed by atoms with van der Waals surface area (Å²) in [5.74, 6) is 0.833. The molecule has 0 aliphatic carbocycles. The van der Waals surface area contributed by atoms with Crippen LogP contribution in [0.3, 0.4) is 0 Å². The average Bonchev–Trinajstić information content (AvgIpc) is 2.62. The second kappa shape index (κ2) is 7.68. The van der Waals surface area contributed by atoms with E-state index >= 15 is 0 Å². The Labute approximate surface area is 141 Å². The molecule has 23 heavy (non-hydrogen) atoms. The summed E-state index contributed by atoms with van der Waals surface area (Å²) in [6, 6.07) is 15.6. The van der Waals surface area contributed by atoms with Crippen molar-refractivity contribution in [1.29, 1.82) is 0 Å². The van der Waals surface area contributed by atoms with Gasteiger partial charge in [0.25, 0.3) is 0 Å². The second-order valence-electron chi connectivity index (χ2n) is 5.39. The molecule has 3 rings (SSSR count). The molecule has 2 atom stereocenters. The van der Waals surface area contributed by atoms with Crippen molar-refractivity contribution in [1.82, 2.24) is 0 Å². The highest BCUT2D eigenvalue weighted by molar-refractivity contribution is 6.30. The Morgan fingerprint density at radius 1 is 1.09 bits per heavy atom. The lowest BCUT2D eigenvalue weighted by Crippen LogP contribution is -2.37. The molecule has 0 aromatic heterocycles. The maximum Gasteiger partial charge on any atom is 0.118 e. The average molecular weight is 334 g/mol. The Bertz CT molecular complexity index is 609. The van der Waals surface area contributed by atoms with Crippen LogP contribution >= 0.6 is 11.6 Å². The summed E-state index contributed by atoms with van der Waals surface area (Å²) in [6.07, 6.45) is -0.0483. The Kier molecular flexibility index (Phi) is 5.39. The molecule has 5 heteroatoms. The van der Waals surface area contributed by atoms with Gasteiger partial charge in [-0.05, 0) is 42.0 Å². The quantitative estimate of drug-likeness (QED) is 0.900. The number of hydrogen-bond donors (Lipinski definition) is 1. The van der Waals surface area contributed by atoms with Crippen molar-refractivity contribution >= 4 is 17.3 Å². The van der Waals surface area contributed by atoms with Crippen molar-refractivity contribution in [2.45, 2.75) is 12.1 Å². The molecule has 2 aromatic carbocycles. The third-order valence-electron chi connectivity index (χ3n) is 3.85. The number of halogens is 1. The van der Waals surface area contributed by atoms with Gasteiger partial charge in [0.1, 0.15) is 11.9 Å². The fourth-order valence-corrected chi connectivity index (χ4v) is 2.75. The van der Waals surface area contributed by atoms with E-state index in [2.05, 4.69) is 5.32 Å². The molecular weight excluding hydrogens is 314 g/mol. The first-order valence-corrected chi connectivity index (χ1v) is 7.99. The van der Waals surface area contributed by atoms with Gasteiger partial charge in [0, 0.05) is 10.7 Å². The molecule has 4 nitrogen and oxygen atoms in total. The number of methoxy groups -OCH3 is 1. The van der Waals surface area contributed by atoms with E-state index in [9.17, 15) is 0 Å². The standard InChI is InChI=1S/C18H20ClNO3/c1-21-16-8-2-13(3-9-16)18(17-12-22-10-11-23-17)20-15-6-4-14(19)5-7-15/h2-9,17-18,20H,10-12H2,1H3. The van der Waals surface area contributed by atoms with Crippen LogP contribution in [0.15, 0.2) is 48.5 Å². The van der Waals surface area contributed by atoms with Gasteiger partial charge in [-0.3, -0.25) is 0 Å². The zero-order chi connectivity index (χ0) is 16.1. The van der Waals surface area contributed by atoms with E-state index in [4.69, 9.17) is 25.8 Å². The predicted octanol–water partition coefficient (Wildman–Crippen LogP) is 3.92. The van der Waals surface area contributed by atoms with Crippen LogP contribution < -0.4 is 10.1 Å². The maximum atomic E-state index is 5.96. The van der Waals surface area contributed by atoms with Crippen molar-refractivity contribution in [3.8, 4) is 5.75 Å². The summed E-state index contributed by atoms with van der Waals surface area (Å²) >= 11 is 5.96. The number of anilines is 1. The highest BCUT2D eigenvalue weighted by Gasteiger charge is 2.26. The molecule has 2 unspecified atom stereocenters. The molecule has 0 amide bonds. The van der Waals surface area contributed by atoms with Crippen LogP contribution in [0.1, 0.15) is 11.6 Å². The topological polar surface area (TPSA) is 39.7 Å². The molecule has 0 bridgehead atoms. The smallest absolute Gasteiger partial charge is 0.118 e. The molecule has 0 spiro atoms. The fraction of sp³-hybridized carbons (Fsp3) is 0.333. The van der Waals surface area contributed by atoms with Crippen molar-refractivity contribution in [2.75, 3.05) is 32.2 Å². The summed E-state index contributed by atoms with van der Waals surface area (Å²) in [5.41, 5.74) is 2.11. The van der Waals surface area contributed by atoms with Gasteiger partial charge in [-0.15, -0.1) is 0 Å². The van der Waals surface area contributed by atoms with Crippen LogP contribution in [0.5, 0.6) is 5.75 Å². The van der Waals surface area contributed by atoms with E-state index in [0.29, 0.717) is 24.8 Å². The van der Waals surface area contributed by atoms with Gasteiger partial charge in [-0.2, -0.15) is 0 Å². The predicted molar refractivity (Wildman–Crippen MR) is 91.4 cm³/mol. The molecule has 0 radical (unpaired) electrons. The van der Waals surface area contributed by atoms with E-state index < -0.39 is 0 Å². The largest absolute Gasteiger partial charge is 0.497 e. The molecule has 1 saturated heterocycles. The minimum absolute atomic E-state index is 0.0117. The molecule has 1 aliphatic rings. The Hall–Kier alpha value is -1.75. The third kappa shape index (κ3) is 4.16. The van der Waals surface area contributed by atoms with Gasteiger partial charge in [-0.25, -0.2) is 0 Å². The van der Waals surface area contributed by atoms with Gasteiger partial charge in [-0.1, -0.05) is 23.7 Å². The summed E-state index contributed by atoms with van der Waals surface area (Å²) in [7, 11) is 1.66. The molecule has 1 fully saturated rings. The van der Waals surface area contributed by atoms with Crippen LogP contribution in [-0.4, -0.2) is 33.0 Å². The van der Waals surface area contributed by atoms with Crippen LogP contribution in [-0.2, 0) is 9.47 Å². The van der Waals surface area contributed by atoms with Crippen LogP contribution in [0.2, 0.25) is 5.02 Å². The normalized spacial score (nSPS) is 19.1. The lowest BCUT2D eigenvalue weighted by molar-refractivity contribution is -0.0950. The summed E-state index contributed by atoms with van der Waals surface area (Å²) < 4.78 is 16.7. The minimum Gasteiger partial charge on any atom is -0.497 e. The van der Waals surface area contributed by atoms with Gasteiger partial charge < -0.3 is 19.5 Å². The maximum absolute atomic E-state index is 5.96. The number of nitrogens with one attached hydrogen (secondary N) is 1. The van der Waals surface area contributed by atoms with E-state index in [1.807, 2.05) is 48.5 Å². The first-order valence-electron chi connectivity index (χ1n) is 7.61. The third-order valence-corrected chi connectivity index (χ3v) is 4.11. The van der Waals surface area contributed by atoms with Gasteiger partial charge in [0.15, 0.2) is 0 Å². The van der Waals surface area contributed by atoms with Crippen LogP contribution in [0, 0.1) is 0 Å². The van der Waals surface area contributed by atoms with E-state index in [1.165, 1.54) is 0 Å². The second-order valence-corrected chi connectivity index (χ2v) is 5.82. The monoisotopic (exact) mass is 333 g/mol. The molecular formula is C18H20ClNO3. The molecule has 0 saturated carbocycles. The van der Waals surface area contributed by atoms with Gasteiger partial charge in [0.2, 0.25) is 0 Å². The summed E-state index contributed by atoms with van der Waals surface area (Å²) in [5, 5.41) is 4.24. The molecule has 1 heterocycles. The number of rotatable bonds is 5. The number of hydrogen-bond acceptors (Lipinski definition) is 4. The van der Waals surface area contributed by atoms with E-state index in [0.717, 1.165) is 17.0 Å². The zero-order valence-corrected chi connectivity index (χ0v) is 13.8. The molecule has 122 valence electrons. The van der Waals surface area contributed by atoms with Crippen molar-refractivity contribution < 1.29 is 14.2 Å². The van der Waals surface area contributed by atoms with E-state index in [1.54, 1.807) is 7.11 Å². The highest BCUT2D eigenvalue weighted by Crippen LogP contribution is 2.28. The van der Waals surface area contributed by atoms with Crippen molar-refractivity contribution in [3.05, 3.63) is 59.1 Å². The molecule has 2 aromatic rings. The molecule has 1 aliphatic heterocycles. The summed E-state index contributed by atoms with van der Waals surface area (Å²) in [4.78, 5) is 0. The zero-order valence-electron chi connectivity index (χ0n) is 13.0. The van der Waals surface area contributed by atoms with Crippen LogP contribution in [0.4, 0.5) is 5.69 Å². The van der Waals surface area contributed by atoms with Crippen LogP contribution in [0.25, 0.3) is 0 Å². The van der Waals surface area contributed by atoms with Crippen molar-refractivity contribution in [3.63, 3.8) is 0 Å². The number of ether oxygens (including phenoxy) is 3. The summed E-state index contributed by atoms with van der Waals surface area (Å²) in [6.45, 7) is 1.82. The first kappa shape index (κ1) is 16.1. The van der Waals surface area contributed by atoms with Crippen molar-refractivity contribution in [2.24, 2.45) is 0 Å². The molecule has 1 N–H and O–H groups in total. The van der Waals surface area contributed by atoms with E-state index in [-0.39, 0.29) is 12.1 Å². The Morgan fingerprint density at radius 2 is 1.83 bits per heavy atom. The number of benzene rings is 2. The lowest BCUT2D eigenvalue weighted by Gasteiger charge is -2.32. The Morgan fingerprint density at radius 3 is 2.43 bits per heavy atom. The lowest BCUT2D eigenvalue weighted by atomic mass is 10.0. The fourth-order valence-electron chi connectivity index (χ4n) is 2.63. The Balaban J connectivity index is 1.83. The highest BCUT2D eigenvalue weighted by atomic mass is 35.5. The minimum atomic E-state index is -0.0483. The first-order chi connectivity index (χ1) is 11.3. The van der Waals surface area contributed by atoms with Gasteiger partial charge >= 0.3 is 0 Å². The SMILES string of the molecule is COc1ccc(C(Nc2ccc(Cl)cc2)C2COCCO2)cc1.